The number of fused-ring (bicyclic) bond motifs is 3. The van der Waals surface area contributed by atoms with Gasteiger partial charge in [-0.05, 0) is 159 Å². The average Bonchev–Trinajstić information content (AvgIpc) is 2.12. The molecular formula is C80H74N2. The van der Waals surface area contributed by atoms with Gasteiger partial charge in [0.15, 0.2) is 0 Å². The molecule has 0 saturated heterocycles. The van der Waals surface area contributed by atoms with Crippen molar-refractivity contribution < 1.29 is 0 Å². The Morgan fingerprint density at radius 2 is 0.659 bits per heavy atom. The first kappa shape index (κ1) is 52.6. The Balaban J connectivity index is 1.02. The van der Waals surface area contributed by atoms with Crippen molar-refractivity contribution in [2.75, 3.05) is 4.90 Å². The van der Waals surface area contributed by atoms with Crippen molar-refractivity contribution in [3.63, 3.8) is 0 Å². The molecule has 1 aromatic heterocycles. The molecule has 0 radical (unpaired) electrons. The highest BCUT2D eigenvalue weighted by Crippen LogP contribution is 2.50. The van der Waals surface area contributed by atoms with Crippen LogP contribution in [0.25, 0.3) is 104 Å². The summed E-state index contributed by atoms with van der Waals surface area (Å²) in [4.78, 5) is 2.52. The lowest BCUT2D eigenvalue weighted by Gasteiger charge is -2.30. The number of hydrogen-bond acceptors (Lipinski definition) is 1. The fraction of sp³-hybridized carbons (Fsp3) is 0.200. The molecule has 0 atom stereocenters. The van der Waals surface area contributed by atoms with Crippen LogP contribution in [0, 0.1) is 0 Å². The Hall–Kier alpha value is -8.72. The highest BCUT2D eigenvalue weighted by molar-refractivity contribution is 6.28. The zero-order chi connectivity index (χ0) is 57.0. The van der Waals surface area contributed by atoms with Gasteiger partial charge in [0.2, 0.25) is 0 Å². The molecule has 0 unspecified atom stereocenters. The molecule has 82 heavy (non-hydrogen) atoms. The van der Waals surface area contributed by atoms with Crippen molar-refractivity contribution in [3.8, 4) is 50.2 Å². The summed E-state index contributed by atoms with van der Waals surface area (Å²) in [5.74, 6) is 0. The number of para-hydroxylation sites is 1. The van der Waals surface area contributed by atoms with Gasteiger partial charge in [0.1, 0.15) is 0 Å². The molecule has 13 aromatic rings. The van der Waals surface area contributed by atoms with Crippen LogP contribution >= 0.6 is 0 Å². The van der Waals surface area contributed by atoms with E-state index in [4.69, 9.17) is 0 Å². The van der Waals surface area contributed by atoms with Gasteiger partial charge in [0, 0.05) is 32.8 Å². The third-order valence-electron chi connectivity index (χ3n) is 17.4. The Bertz CT molecular complexity index is 4490. The van der Waals surface area contributed by atoms with Crippen molar-refractivity contribution in [1.29, 1.82) is 0 Å². The lowest BCUT2D eigenvalue weighted by atomic mass is 9.85. The van der Waals surface area contributed by atoms with Crippen LogP contribution in [0.2, 0.25) is 0 Å². The second-order valence-electron chi connectivity index (χ2n) is 27.0. The Labute approximate surface area is 485 Å². The minimum Gasteiger partial charge on any atom is -0.309 e. The summed E-state index contributed by atoms with van der Waals surface area (Å²) in [5.41, 5.74) is 22.0. The van der Waals surface area contributed by atoms with Crippen LogP contribution in [-0.4, -0.2) is 4.57 Å². The number of anilines is 3. The second kappa shape index (κ2) is 19.5. The smallest absolute Gasteiger partial charge is 0.0541 e. The molecule has 13 rings (SSSR count). The third-order valence-corrected chi connectivity index (χ3v) is 17.4. The van der Waals surface area contributed by atoms with Gasteiger partial charge >= 0.3 is 0 Å². The number of rotatable bonds is 8. The van der Waals surface area contributed by atoms with Gasteiger partial charge in [-0.15, -0.1) is 0 Å². The van der Waals surface area contributed by atoms with Crippen molar-refractivity contribution in [3.05, 3.63) is 253 Å². The molecule has 404 valence electrons. The van der Waals surface area contributed by atoms with Gasteiger partial charge in [0.05, 0.1) is 28.1 Å². The first-order chi connectivity index (χ1) is 39.2. The molecule has 12 aromatic carbocycles. The van der Waals surface area contributed by atoms with E-state index >= 15 is 0 Å². The van der Waals surface area contributed by atoms with E-state index in [0.717, 1.165) is 22.6 Å². The highest BCUT2D eigenvalue weighted by Gasteiger charge is 2.26. The van der Waals surface area contributed by atoms with Crippen LogP contribution in [0.15, 0.2) is 231 Å². The van der Waals surface area contributed by atoms with Crippen LogP contribution in [0.5, 0.6) is 0 Å². The average molecular weight is 1060 g/mol. The van der Waals surface area contributed by atoms with Crippen LogP contribution in [-0.2, 0) is 21.7 Å². The standard InChI is InChI=1S/C80H74N2/c1-77(2,3)56-35-25-51(26-36-56)61-19-13-14-20-62(61)53-29-41-60(42-30-53)81(70-24-18-17-23-65(70)64-22-16-15-21-63(64)52-27-37-57(38-28-52)78(4,5)6)71-45-33-54-32-44-67-72(46-34-55-31-43-66(71)75(54)76(55)67)82-73-47-39-58(79(7,8)9)49-68(73)69-50-59(80(10,11)12)40-48-74(69)82/h13-50H,1-12H3. The highest BCUT2D eigenvalue weighted by atomic mass is 15.1. The minimum atomic E-state index is 0.0119. The topological polar surface area (TPSA) is 8.17 Å². The van der Waals surface area contributed by atoms with Crippen molar-refractivity contribution in [2.24, 2.45) is 0 Å². The van der Waals surface area contributed by atoms with E-state index in [9.17, 15) is 0 Å². The van der Waals surface area contributed by atoms with Crippen molar-refractivity contribution in [1.82, 2.24) is 4.57 Å². The van der Waals surface area contributed by atoms with Crippen LogP contribution in [0.3, 0.4) is 0 Å². The second-order valence-corrected chi connectivity index (χ2v) is 27.0. The molecule has 0 bridgehead atoms. The largest absolute Gasteiger partial charge is 0.309 e. The van der Waals surface area contributed by atoms with Crippen LogP contribution < -0.4 is 4.90 Å². The summed E-state index contributed by atoms with van der Waals surface area (Å²) in [6.45, 7) is 27.6. The molecule has 0 aliphatic carbocycles. The van der Waals surface area contributed by atoms with Gasteiger partial charge in [-0.3, -0.25) is 0 Å². The number of benzene rings is 12. The molecule has 2 heteroatoms. The Morgan fingerprint density at radius 3 is 1.15 bits per heavy atom. The fourth-order valence-electron chi connectivity index (χ4n) is 12.7. The molecule has 0 aliphatic rings. The van der Waals surface area contributed by atoms with Gasteiger partial charge in [0.25, 0.3) is 0 Å². The van der Waals surface area contributed by atoms with Crippen LogP contribution in [0.4, 0.5) is 17.1 Å². The molecule has 0 spiro atoms. The fourth-order valence-corrected chi connectivity index (χ4v) is 12.7. The SMILES string of the molecule is CC(C)(C)c1ccc(-c2ccccc2-c2ccc(N(c3ccccc3-c3ccccc3-c3ccc(C(C)(C)C)cc3)c3ccc4ccc5c(-n6c7ccc(C(C)(C)C)cc7c7cc(C(C)(C)C)ccc76)ccc6ccc3c4c65)cc2)cc1. The maximum absolute atomic E-state index is 2.54. The van der Waals surface area contributed by atoms with E-state index in [1.54, 1.807) is 0 Å². The molecule has 0 N–H and O–H groups in total. The molecule has 0 amide bonds. The predicted molar refractivity (Wildman–Crippen MR) is 356 cm³/mol. The molecule has 0 saturated carbocycles. The summed E-state index contributed by atoms with van der Waals surface area (Å²) in [6.07, 6.45) is 0. The predicted octanol–water partition coefficient (Wildman–Crippen LogP) is 23.0. The summed E-state index contributed by atoms with van der Waals surface area (Å²) in [7, 11) is 0. The monoisotopic (exact) mass is 1060 g/mol. The molecule has 1 heterocycles. The van der Waals surface area contributed by atoms with Gasteiger partial charge in [-0.25, -0.2) is 0 Å². The molecule has 0 aliphatic heterocycles. The van der Waals surface area contributed by atoms with Crippen molar-refractivity contribution in [2.45, 2.75) is 105 Å². The van der Waals surface area contributed by atoms with Gasteiger partial charge in [-0.1, -0.05) is 259 Å². The molecule has 0 fully saturated rings. The summed E-state index contributed by atoms with van der Waals surface area (Å²) < 4.78 is 2.54. The molecular weight excluding hydrogens is 989 g/mol. The van der Waals surface area contributed by atoms with E-state index in [1.165, 1.54) is 121 Å². The maximum Gasteiger partial charge on any atom is 0.0541 e. The number of hydrogen-bond donors (Lipinski definition) is 0. The van der Waals surface area contributed by atoms with Crippen LogP contribution in [0.1, 0.15) is 105 Å². The lowest BCUT2D eigenvalue weighted by Crippen LogP contribution is -2.12. The van der Waals surface area contributed by atoms with Gasteiger partial charge < -0.3 is 9.47 Å². The summed E-state index contributed by atoms with van der Waals surface area (Å²) in [6, 6.07) is 87.6. The number of nitrogens with zero attached hydrogens (tertiary/aromatic N) is 2. The van der Waals surface area contributed by atoms with E-state index in [-0.39, 0.29) is 21.7 Å². The first-order valence-corrected chi connectivity index (χ1v) is 29.4. The first-order valence-electron chi connectivity index (χ1n) is 29.4. The lowest BCUT2D eigenvalue weighted by molar-refractivity contribution is 0.590. The van der Waals surface area contributed by atoms with E-state index in [1.807, 2.05) is 0 Å². The van der Waals surface area contributed by atoms with E-state index in [2.05, 4.69) is 323 Å². The Kier molecular flexibility index (Phi) is 12.5. The zero-order valence-corrected chi connectivity index (χ0v) is 49.8. The number of aromatic nitrogens is 1. The van der Waals surface area contributed by atoms with Crippen molar-refractivity contribution >= 4 is 71.2 Å². The third kappa shape index (κ3) is 9.14. The summed E-state index contributed by atoms with van der Waals surface area (Å²) >= 11 is 0. The Morgan fingerprint density at radius 1 is 0.280 bits per heavy atom. The normalized spacial score (nSPS) is 12.6. The maximum atomic E-state index is 2.54. The quantitative estimate of drug-likeness (QED) is 0.138. The van der Waals surface area contributed by atoms with E-state index in [0.29, 0.717) is 0 Å². The summed E-state index contributed by atoms with van der Waals surface area (Å²) in [5, 5.41) is 10.0. The zero-order valence-electron chi connectivity index (χ0n) is 49.8. The molecule has 2 nitrogen and oxygen atoms in total. The van der Waals surface area contributed by atoms with E-state index < -0.39 is 0 Å². The minimum absolute atomic E-state index is 0.0119. The van der Waals surface area contributed by atoms with Gasteiger partial charge in [-0.2, -0.15) is 0 Å².